The van der Waals surface area contributed by atoms with Gasteiger partial charge in [0.1, 0.15) is 6.04 Å². The highest BCUT2D eigenvalue weighted by Gasteiger charge is 2.26. The summed E-state index contributed by atoms with van der Waals surface area (Å²) < 4.78 is 26.1. The fourth-order valence-electron chi connectivity index (χ4n) is 3.59. The zero-order valence-electron chi connectivity index (χ0n) is 19.5. The van der Waals surface area contributed by atoms with Crippen LogP contribution in [0.5, 0.6) is 0 Å². The van der Waals surface area contributed by atoms with E-state index in [0.717, 1.165) is 16.7 Å². The molecule has 8 heteroatoms. The molecule has 0 bridgehead atoms. The van der Waals surface area contributed by atoms with E-state index >= 15 is 0 Å². The quantitative estimate of drug-likeness (QED) is 0.592. The first-order chi connectivity index (χ1) is 15.1. The van der Waals surface area contributed by atoms with E-state index in [1.807, 2.05) is 50.2 Å². The molecule has 2 aromatic rings. The molecule has 32 heavy (non-hydrogen) atoms. The number of nitrogens with zero attached hydrogens (tertiary/aromatic N) is 2. The minimum atomic E-state index is -3.50. The van der Waals surface area contributed by atoms with Crippen LogP contribution in [0.4, 0.5) is 5.69 Å². The van der Waals surface area contributed by atoms with Crippen LogP contribution in [0.3, 0.4) is 0 Å². The highest BCUT2D eigenvalue weighted by molar-refractivity contribution is 7.92. The number of likely N-dealkylation sites (N-methyl/N-ethyl adjacent to an activating group) is 1. The van der Waals surface area contributed by atoms with Gasteiger partial charge in [0.25, 0.3) is 0 Å². The van der Waals surface area contributed by atoms with E-state index in [1.165, 1.54) is 10.6 Å². The minimum Gasteiger partial charge on any atom is -0.357 e. The lowest BCUT2D eigenvalue weighted by Gasteiger charge is -2.29. The van der Waals surface area contributed by atoms with Crippen LogP contribution in [-0.4, -0.2) is 51.0 Å². The molecule has 2 aromatic carbocycles. The number of benzene rings is 2. The van der Waals surface area contributed by atoms with Crippen LogP contribution < -0.4 is 9.62 Å². The number of para-hydroxylation sites is 1. The summed E-state index contributed by atoms with van der Waals surface area (Å²) in [5, 5.41) is 2.60. The third-order valence-electron chi connectivity index (χ3n) is 5.55. The molecule has 0 saturated heterocycles. The van der Waals surface area contributed by atoms with Crippen LogP contribution in [0.2, 0.25) is 0 Å². The van der Waals surface area contributed by atoms with Crippen molar-refractivity contribution >= 4 is 27.5 Å². The number of amides is 2. The van der Waals surface area contributed by atoms with Crippen molar-refractivity contribution in [1.29, 1.82) is 0 Å². The Morgan fingerprint density at radius 2 is 1.59 bits per heavy atom. The van der Waals surface area contributed by atoms with Gasteiger partial charge in [-0.3, -0.25) is 13.9 Å². The number of carbonyl (C=O) groups excluding carboxylic acids is 2. The van der Waals surface area contributed by atoms with Gasteiger partial charge in [-0.25, -0.2) is 8.42 Å². The monoisotopic (exact) mass is 459 g/mol. The minimum absolute atomic E-state index is 0.130. The molecule has 7 nitrogen and oxygen atoms in total. The number of hydrogen-bond acceptors (Lipinski definition) is 4. The fraction of sp³-hybridized carbons (Fsp3) is 0.417. The summed E-state index contributed by atoms with van der Waals surface area (Å²) in [6.45, 7) is 6.02. The van der Waals surface area contributed by atoms with Gasteiger partial charge in [0, 0.05) is 26.6 Å². The van der Waals surface area contributed by atoms with Gasteiger partial charge < -0.3 is 10.2 Å². The molecule has 1 N–H and O–H groups in total. The van der Waals surface area contributed by atoms with Crippen LogP contribution in [0.1, 0.15) is 36.5 Å². The molecular formula is C24H33N3O4S. The van der Waals surface area contributed by atoms with Gasteiger partial charge >= 0.3 is 0 Å². The first kappa shape index (κ1) is 25.4. The summed E-state index contributed by atoms with van der Waals surface area (Å²) in [4.78, 5) is 27.0. The molecule has 0 radical (unpaired) electrons. The third kappa shape index (κ3) is 6.56. The van der Waals surface area contributed by atoms with E-state index in [2.05, 4.69) is 5.32 Å². The molecule has 0 aliphatic heterocycles. The predicted molar refractivity (Wildman–Crippen MR) is 128 cm³/mol. The van der Waals surface area contributed by atoms with Crippen molar-refractivity contribution in [3.05, 3.63) is 65.2 Å². The van der Waals surface area contributed by atoms with E-state index in [4.69, 9.17) is 0 Å². The molecule has 0 heterocycles. The Morgan fingerprint density at radius 1 is 1.00 bits per heavy atom. The summed E-state index contributed by atoms with van der Waals surface area (Å²) in [7, 11) is -1.96. The van der Waals surface area contributed by atoms with Crippen LogP contribution in [0.25, 0.3) is 0 Å². The number of rotatable bonds is 10. The van der Waals surface area contributed by atoms with Crippen LogP contribution in [-0.2, 0) is 26.2 Å². The van der Waals surface area contributed by atoms with E-state index in [0.29, 0.717) is 18.7 Å². The van der Waals surface area contributed by atoms with E-state index < -0.39 is 16.1 Å². The molecule has 0 aromatic heterocycles. The highest BCUT2D eigenvalue weighted by atomic mass is 32.2. The number of aryl methyl sites for hydroxylation is 2. The van der Waals surface area contributed by atoms with Crippen molar-refractivity contribution in [2.75, 3.05) is 24.2 Å². The molecule has 174 valence electrons. The standard InChI is InChI=1S/C24H33N3O4S/c1-18-11-6-8-13-21(18)17-26(20(3)24(29)25-4)23(28)15-10-16-27(32(5,30)31)22-14-9-7-12-19(22)2/h6-9,11-14,20H,10,15-17H2,1-5H3,(H,25,29)/t20-/m1/s1. The van der Waals surface area contributed by atoms with Crippen LogP contribution >= 0.6 is 0 Å². The Kier molecular flexibility index (Phi) is 8.83. The molecule has 0 saturated carbocycles. The molecule has 2 rings (SSSR count). The Morgan fingerprint density at radius 3 is 2.16 bits per heavy atom. The second-order valence-electron chi connectivity index (χ2n) is 7.96. The number of nitrogens with one attached hydrogen (secondary N) is 1. The largest absolute Gasteiger partial charge is 0.357 e. The van der Waals surface area contributed by atoms with Crippen molar-refractivity contribution in [3.63, 3.8) is 0 Å². The molecule has 0 spiro atoms. The molecule has 0 unspecified atom stereocenters. The van der Waals surface area contributed by atoms with Crippen molar-refractivity contribution in [2.24, 2.45) is 0 Å². The van der Waals surface area contributed by atoms with Gasteiger partial charge in [-0.2, -0.15) is 0 Å². The average molecular weight is 460 g/mol. The average Bonchev–Trinajstić information content (AvgIpc) is 2.75. The van der Waals surface area contributed by atoms with E-state index in [1.54, 1.807) is 31.0 Å². The summed E-state index contributed by atoms with van der Waals surface area (Å²) >= 11 is 0. The second-order valence-corrected chi connectivity index (χ2v) is 9.87. The van der Waals surface area contributed by atoms with Gasteiger partial charge in [-0.1, -0.05) is 42.5 Å². The fourth-order valence-corrected chi connectivity index (χ4v) is 4.61. The maximum atomic E-state index is 13.1. The van der Waals surface area contributed by atoms with Crippen LogP contribution in [0.15, 0.2) is 48.5 Å². The van der Waals surface area contributed by atoms with Crippen molar-refractivity contribution in [3.8, 4) is 0 Å². The van der Waals surface area contributed by atoms with Crippen molar-refractivity contribution in [1.82, 2.24) is 10.2 Å². The third-order valence-corrected chi connectivity index (χ3v) is 6.73. The van der Waals surface area contributed by atoms with Gasteiger partial charge in [0.2, 0.25) is 21.8 Å². The molecule has 0 aliphatic rings. The Hall–Kier alpha value is -2.87. The lowest BCUT2D eigenvalue weighted by molar-refractivity contribution is -0.140. The topological polar surface area (TPSA) is 86.8 Å². The van der Waals surface area contributed by atoms with Gasteiger partial charge in [0.15, 0.2) is 0 Å². The van der Waals surface area contributed by atoms with Crippen LogP contribution in [0, 0.1) is 13.8 Å². The maximum absolute atomic E-state index is 13.1. The second kappa shape index (κ2) is 11.1. The number of carbonyl (C=O) groups is 2. The SMILES string of the molecule is CNC(=O)[C@@H](C)N(Cc1ccccc1C)C(=O)CCCN(c1ccccc1C)S(C)(=O)=O. The summed E-state index contributed by atoms with van der Waals surface area (Å²) in [6.07, 6.45) is 1.63. The molecule has 1 atom stereocenters. The number of anilines is 1. The van der Waals surface area contributed by atoms with Gasteiger partial charge in [-0.15, -0.1) is 0 Å². The summed E-state index contributed by atoms with van der Waals surface area (Å²) in [5.74, 6) is -0.438. The highest BCUT2D eigenvalue weighted by Crippen LogP contribution is 2.23. The molecule has 0 fully saturated rings. The summed E-state index contributed by atoms with van der Waals surface area (Å²) in [6, 6.07) is 14.4. The Labute approximate surface area is 191 Å². The smallest absolute Gasteiger partial charge is 0.242 e. The lowest BCUT2D eigenvalue weighted by Crippen LogP contribution is -2.47. The predicted octanol–water partition coefficient (Wildman–Crippen LogP) is 3.01. The number of sulfonamides is 1. The molecule has 0 aliphatic carbocycles. The van der Waals surface area contributed by atoms with E-state index in [-0.39, 0.29) is 24.8 Å². The van der Waals surface area contributed by atoms with Crippen molar-refractivity contribution in [2.45, 2.75) is 46.2 Å². The lowest BCUT2D eigenvalue weighted by atomic mass is 10.1. The van der Waals surface area contributed by atoms with Crippen molar-refractivity contribution < 1.29 is 18.0 Å². The van der Waals surface area contributed by atoms with Gasteiger partial charge in [-0.05, 0) is 49.9 Å². The maximum Gasteiger partial charge on any atom is 0.242 e. The molecule has 2 amide bonds. The Balaban J connectivity index is 2.17. The van der Waals surface area contributed by atoms with Gasteiger partial charge in [0.05, 0.1) is 11.9 Å². The zero-order valence-corrected chi connectivity index (χ0v) is 20.3. The summed E-state index contributed by atoms with van der Waals surface area (Å²) in [5.41, 5.74) is 3.46. The molecular weight excluding hydrogens is 426 g/mol. The normalized spacial score (nSPS) is 12.2. The first-order valence-electron chi connectivity index (χ1n) is 10.6. The Bertz CT molecular complexity index is 1050. The number of hydrogen-bond donors (Lipinski definition) is 1. The first-order valence-corrected chi connectivity index (χ1v) is 12.5. The van der Waals surface area contributed by atoms with E-state index in [9.17, 15) is 18.0 Å². The zero-order chi connectivity index (χ0) is 23.9.